The van der Waals surface area contributed by atoms with E-state index in [4.69, 9.17) is 4.74 Å². The molecule has 0 spiro atoms. The number of ether oxygens (including phenoxy) is 1. The maximum absolute atomic E-state index is 14.2. The Morgan fingerprint density at radius 1 is 0.905 bits per heavy atom. The zero-order valence-electron chi connectivity index (χ0n) is 24.7. The predicted molar refractivity (Wildman–Crippen MR) is 166 cm³/mol. The van der Waals surface area contributed by atoms with Gasteiger partial charge >= 0.3 is 0 Å². The molecule has 224 valence electrons. The molecule has 0 bridgehead atoms. The fourth-order valence-electron chi connectivity index (χ4n) is 5.35. The lowest BCUT2D eigenvalue weighted by molar-refractivity contribution is -0.140. The number of carbonyl (C=O) groups excluding carboxylic acids is 2. The molecular formula is C33H41N3O5S. The number of sulfonamides is 1. The quantitative estimate of drug-likeness (QED) is 0.325. The maximum Gasteiger partial charge on any atom is 0.244 e. The minimum atomic E-state index is -3.83. The van der Waals surface area contributed by atoms with Gasteiger partial charge in [0, 0.05) is 19.0 Å². The largest absolute Gasteiger partial charge is 0.497 e. The van der Waals surface area contributed by atoms with Crippen LogP contribution in [0.5, 0.6) is 5.75 Å². The summed E-state index contributed by atoms with van der Waals surface area (Å²) < 4.78 is 32.2. The first-order valence-corrected chi connectivity index (χ1v) is 16.3. The van der Waals surface area contributed by atoms with Gasteiger partial charge in [-0.15, -0.1) is 0 Å². The number of amides is 2. The van der Waals surface area contributed by atoms with Crippen molar-refractivity contribution in [1.29, 1.82) is 0 Å². The fourth-order valence-corrected chi connectivity index (χ4v) is 6.20. The molecule has 0 saturated heterocycles. The van der Waals surface area contributed by atoms with E-state index < -0.39 is 28.5 Å². The van der Waals surface area contributed by atoms with Crippen LogP contribution in [0.4, 0.5) is 5.69 Å². The normalized spacial score (nSPS) is 14.5. The van der Waals surface area contributed by atoms with Crippen molar-refractivity contribution in [1.82, 2.24) is 10.2 Å². The van der Waals surface area contributed by atoms with Crippen molar-refractivity contribution in [3.63, 3.8) is 0 Å². The second kappa shape index (κ2) is 14.4. The number of anilines is 1. The summed E-state index contributed by atoms with van der Waals surface area (Å²) in [4.78, 5) is 29.7. The molecule has 42 heavy (non-hydrogen) atoms. The number of aryl methyl sites for hydroxylation is 1. The van der Waals surface area contributed by atoms with Crippen LogP contribution in [-0.2, 0) is 32.6 Å². The summed E-state index contributed by atoms with van der Waals surface area (Å²) in [5.41, 5.74) is 3.19. The van der Waals surface area contributed by atoms with E-state index in [-0.39, 0.29) is 18.5 Å². The van der Waals surface area contributed by atoms with Gasteiger partial charge in [0.1, 0.15) is 18.3 Å². The SMILES string of the molecule is COc1ccc(N(CC(=O)N(Cc2ccc(C)cc2)C(Cc2ccccc2)C(=O)NC2CCCCC2)S(C)(=O)=O)cc1. The maximum atomic E-state index is 14.2. The van der Waals surface area contributed by atoms with Crippen molar-refractivity contribution < 1.29 is 22.7 Å². The number of hydrogen-bond acceptors (Lipinski definition) is 5. The predicted octanol–water partition coefficient (Wildman–Crippen LogP) is 4.86. The highest BCUT2D eigenvalue weighted by atomic mass is 32.2. The third-order valence-corrected chi connectivity index (χ3v) is 8.88. The van der Waals surface area contributed by atoms with Gasteiger partial charge in [-0.3, -0.25) is 13.9 Å². The van der Waals surface area contributed by atoms with Crippen LogP contribution in [0.2, 0.25) is 0 Å². The fraction of sp³-hybridized carbons (Fsp3) is 0.394. The summed E-state index contributed by atoms with van der Waals surface area (Å²) in [6.07, 6.45) is 6.48. The van der Waals surface area contributed by atoms with Gasteiger partial charge in [0.15, 0.2) is 0 Å². The Kier molecular flexibility index (Phi) is 10.6. The highest BCUT2D eigenvalue weighted by molar-refractivity contribution is 7.92. The average molecular weight is 592 g/mol. The van der Waals surface area contributed by atoms with Crippen molar-refractivity contribution in [3.05, 3.63) is 95.6 Å². The summed E-state index contributed by atoms with van der Waals surface area (Å²) in [7, 11) is -2.30. The minimum Gasteiger partial charge on any atom is -0.497 e. The lowest BCUT2D eigenvalue weighted by Gasteiger charge is -2.35. The van der Waals surface area contributed by atoms with E-state index in [1.54, 1.807) is 24.3 Å². The van der Waals surface area contributed by atoms with Gasteiger partial charge in [0.25, 0.3) is 0 Å². The first-order chi connectivity index (χ1) is 20.1. The van der Waals surface area contributed by atoms with E-state index in [9.17, 15) is 18.0 Å². The summed E-state index contributed by atoms with van der Waals surface area (Å²) >= 11 is 0. The Balaban J connectivity index is 1.70. The lowest BCUT2D eigenvalue weighted by Crippen LogP contribution is -2.55. The number of benzene rings is 3. The second-order valence-electron chi connectivity index (χ2n) is 11.0. The Labute approximate surface area is 249 Å². The summed E-state index contributed by atoms with van der Waals surface area (Å²) in [6, 6.07) is 23.2. The summed E-state index contributed by atoms with van der Waals surface area (Å²) in [6.45, 7) is 1.70. The molecular weight excluding hydrogens is 550 g/mol. The molecule has 1 saturated carbocycles. The van der Waals surface area contributed by atoms with E-state index in [2.05, 4.69) is 5.32 Å². The van der Waals surface area contributed by atoms with Crippen molar-refractivity contribution in [2.45, 2.75) is 64.1 Å². The summed E-state index contributed by atoms with van der Waals surface area (Å²) in [5, 5.41) is 3.22. The molecule has 3 aromatic carbocycles. The first kappa shape index (κ1) is 31.1. The van der Waals surface area contributed by atoms with E-state index >= 15 is 0 Å². The topological polar surface area (TPSA) is 96.0 Å². The van der Waals surface area contributed by atoms with Crippen molar-refractivity contribution in [2.75, 3.05) is 24.2 Å². The molecule has 3 aromatic rings. The van der Waals surface area contributed by atoms with Crippen LogP contribution >= 0.6 is 0 Å². The molecule has 4 rings (SSSR count). The monoisotopic (exact) mass is 591 g/mol. The van der Waals surface area contributed by atoms with E-state index in [0.29, 0.717) is 17.9 Å². The molecule has 9 heteroatoms. The Morgan fingerprint density at radius 3 is 2.14 bits per heavy atom. The zero-order chi connectivity index (χ0) is 30.1. The standard InChI is InChI=1S/C33H41N3O5S/c1-25-14-16-27(17-15-25)23-35(32(37)24-36(42(3,39)40)29-18-20-30(41-2)21-19-29)31(22-26-10-6-4-7-11-26)33(38)34-28-12-8-5-9-13-28/h4,6-7,10-11,14-21,28,31H,5,8-9,12-13,22-24H2,1-3H3,(H,34,38). The molecule has 0 heterocycles. The van der Waals surface area contributed by atoms with Gasteiger partial charge in [-0.05, 0) is 55.2 Å². The Morgan fingerprint density at radius 2 is 1.55 bits per heavy atom. The van der Waals surface area contributed by atoms with Gasteiger partial charge in [0.2, 0.25) is 21.8 Å². The Hall–Kier alpha value is -3.85. The van der Waals surface area contributed by atoms with Crippen LogP contribution in [0.15, 0.2) is 78.9 Å². The van der Waals surface area contributed by atoms with Crippen LogP contribution in [0, 0.1) is 6.92 Å². The molecule has 8 nitrogen and oxygen atoms in total. The molecule has 1 aliphatic carbocycles. The Bertz CT molecular complexity index is 1420. The number of methoxy groups -OCH3 is 1. The minimum absolute atomic E-state index is 0.0627. The van der Waals surface area contributed by atoms with Gasteiger partial charge in [-0.25, -0.2) is 8.42 Å². The number of carbonyl (C=O) groups is 2. The number of nitrogens with one attached hydrogen (secondary N) is 1. The third-order valence-electron chi connectivity index (χ3n) is 7.74. The average Bonchev–Trinajstić information content (AvgIpc) is 2.99. The van der Waals surface area contributed by atoms with Crippen molar-refractivity contribution >= 4 is 27.5 Å². The highest BCUT2D eigenvalue weighted by Gasteiger charge is 2.34. The van der Waals surface area contributed by atoms with Crippen LogP contribution < -0.4 is 14.4 Å². The van der Waals surface area contributed by atoms with E-state index in [1.165, 1.54) is 12.0 Å². The van der Waals surface area contributed by atoms with Crippen LogP contribution in [0.25, 0.3) is 0 Å². The number of rotatable bonds is 12. The zero-order valence-corrected chi connectivity index (χ0v) is 25.5. The molecule has 1 fully saturated rings. The molecule has 0 aliphatic heterocycles. The molecule has 1 unspecified atom stereocenters. The van der Waals surface area contributed by atoms with Crippen molar-refractivity contribution in [3.8, 4) is 5.75 Å². The third kappa shape index (κ3) is 8.58. The second-order valence-corrected chi connectivity index (χ2v) is 12.9. The summed E-state index contributed by atoms with van der Waals surface area (Å²) in [5.74, 6) is -0.111. The van der Waals surface area contributed by atoms with Crippen molar-refractivity contribution in [2.24, 2.45) is 0 Å². The smallest absolute Gasteiger partial charge is 0.244 e. The highest BCUT2D eigenvalue weighted by Crippen LogP contribution is 2.24. The number of hydrogen-bond donors (Lipinski definition) is 1. The van der Waals surface area contributed by atoms with Gasteiger partial charge in [0.05, 0.1) is 19.1 Å². The van der Waals surface area contributed by atoms with Gasteiger partial charge in [-0.1, -0.05) is 79.4 Å². The van der Waals surface area contributed by atoms with Crippen LogP contribution in [0.1, 0.15) is 48.8 Å². The van der Waals surface area contributed by atoms with Gasteiger partial charge < -0.3 is 15.0 Å². The molecule has 1 N–H and O–H groups in total. The molecule has 0 aromatic heterocycles. The van der Waals surface area contributed by atoms with Gasteiger partial charge in [-0.2, -0.15) is 0 Å². The van der Waals surface area contributed by atoms with E-state index in [0.717, 1.165) is 59.4 Å². The van der Waals surface area contributed by atoms with Crippen LogP contribution in [-0.4, -0.2) is 57.1 Å². The molecule has 2 amide bonds. The van der Waals surface area contributed by atoms with Crippen LogP contribution in [0.3, 0.4) is 0 Å². The lowest BCUT2D eigenvalue weighted by atomic mass is 9.94. The molecule has 1 atom stereocenters. The van der Waals surface area contributed by atoms with E-state index in [1.807, 2.05) is 61.5 Å². The first-order valence-electron chi connectivity index (χ1n) is 14.4. The molecule has 1 aliphatic rings. The molecule has 0 radical (unpaired) electrons. The number of nitrogens with zero attached hydrogens (tertiary/aromatic N) is 2.